The summed E-state index contributed by atoms with van der Waals surface area (Å²) in [6, 6.07) is 16.7. The van der Waals surface area contributed by atoms with Gasteiger partial charge in [0.15, 0.2) is 0 Å². The van der Waals surface area contributed by atoms with Crippen molar-refractivity contribution in [2.24, 2.45) is 0 Å². The first-order valence-electron chi connectivity index (χ1n) is 8.21. The number of benzene rings is 3. The maximum Gasteiger partial charge on any atom is 0.208 e. The lowest BCUT2D eigenvalue weighted by atomic mass is 10.0. The van der Waals surface area contributed by atoms with Gasteiger partial charge in [-0.1, -0.05) is 41.4 Å². The Morgan fingerprint density at radius 2 is 1.46 bits per heavy atom. The van der Waals surface area contributed by atoms with E-state index in [1.807, 2.05) is 0 Å². The molecule has 0 saturated carbocycles. The number of aromatic nitrogens is 1. The third kappa shape index (κ3) is 3.37. The number of fused-ring (bicyclic) bond motifs is 1. The highest BCUT2D eigenvalue weighted by atomic mass is 35.5. The topological polar surface area (TPSA) is 47.0 Å². The van der Waals surface area contributed by atoms with Crippen LogP contribution >= 0.6 is 23.2 Å². The summed E-state index contributed by atoms with van der Waals surface area (Å²) >= 11 is 12.1. The zero-order valence-electron chi connectivity index (χ0n) is 14.2. The Labute approximate surface area is 171 Å². The van der Waals surface area contributed by atoms with Crippen molar-refractivity contribution in [1.82, 2.24) is 4.98 Å². The van der Waals surface area contributed by atoms with Gasteiger partial charge in [0, 0.05) is 27.2 Å². The molecule has 0 bridgehead atoms. The van der Waals surface area contributed by atoms with E-state index in [4.69, 9.17) is 23.2 Å². The second kappa shape index (κ2) is 7.17. The largest absolute Gasteiger partial charge is 0.255 e. The van der Waals surface area contributed by atoms with Gasteiger partial charge in [-0.05, 0) is 54.1 Å². The molecular formula is C21H12Cl2FNO2S. The van der Waals surface area contributed by atoms with Gasteiger partial charge in [0.1, 0.15) is 5.82 Å². The van der Waals surface area contributed by atoms with Gasteiger partial charge in [0.2, 0.25) is 9.84 Å². The van der Waals surface area contributed by atoms with E-state index in [9.17, 15) is 12.8 Å². The standard InChI is InChI=1S/C21H12Cl2FNO2S/c22-14-3-1-13(2-4-14)21-18-10-5-15(23)11-19(18)25-12-20(21)28(26,27)17-8-6-16(24)7-9-17/h1-12H. The normalized spacial score (nSPS) is 11.7. The molecule has 0 saturated heterocycles. The minimum Gasteiger partial charge on any atom is -0.255 e. The van der Waals surface area contributed by atoms with Crippen LogP contribution in [0.2, 0.25) is 10.0 Å². The molecule has 0 aliphatic heterocycles. The molecule has 0 spiro atoms. The summed E-state index contributed by atoms with van der Waals surface area (Å²) in [6.45, 7) is 0. The van der Waals surface area contributed by atoms with E-state index in [-0.39, 0.29) is 9.79 Å². The summed E-state index contributed by atoms with van der Waals surface area (Å²) in [7, 11) is -3.94. The van der Waals surface area contributed by atoms with Crippen molar-refractivity contribution < 1.29 is 12.8 Å². The van der Waals surface area contributed by atoms with Gasteiger partial charge >= 0.3 is 0 Å². The molecule has 0 fully saturated rings. The molecule has 0 radical (unpaired) electrons. The van der Waals surface area contributed by atoms with Gasteiger partial charge in [-0.15, -0.1) is 0 Å². The van der Waals surface area contributed by atoms with Crippen molar-refractivity contribution in [2.45, 2.75) is 9.79 Å². The van der Waals surface area contributed by atoms with Crippen LogP contribution in [0.1, 0.15) is 0 Å². The van der Waals surface area contributed by atoms with Crippen LogP contribution in [0.15, 0.2) is 82.7 Å². The zero-order valence-corrected chi connectivity index (χ0v) is 16.6. The zero-order chi connectivity index (χ0) is 19.9. The van der Waals surface area contributed by atoms with Gasteiger partial charge in [-0.3, -0.25) is 4.98 Å². The van der Waals surface area contributed by atoms with Gasteiger partial charge in [0.05, 0.1) is 15.3 Å². The van der Waals surface area contributed by atoms with Gasteiger partial charge < -0.3 is 0 Å². The van der Waals surface area contributed by atoms with Gasteiger partial charge in [0.25, 0.3) is 0 Å². The molecule has 0 unspecified atom stereocenters. The number of halogens is 3. The van der Waals surface area contributed by atoms with E-state index in [0.29, 0.717) is 32.1 Å². The van der Waals surface area contributed by atoms with Crippen LogP contribution in [-0.2, 0) is 9.84 Å². The van der Waals surface area contributed by atoms with E-state index in [0.717, 1.165) is 12.1 Å². The fourth-order valence-electron chi connectivity index (χ4n) is 3.01. The molecule has 3 aromatic carbocycles. The maximum absolute atomic E-state index is 13.3. The highest BCUT2D eigenvalue weighted by Crippen LogP contribution is 2.37. The van der Waals surface area contributed by atoms with Crippen LogP contribution in [0, 0.1) is 5.82 Å². The monoisotopic (exact) mass is 431 g/mol. The molecular weight excluding hydrogens is 420 g/mol. The summed E-state index contributed by atoms with van der Waals surface area (Å²) in [5, 5.41) is 1.67. The van der Waals surface area contributed by atoms with Crippen molar-refractivity contribution in [1.29, 1.82) is 0 Å². The quantitative estimate of drug-likeness (QED) is 0.363. The SMILES string of the molecule is O=S(=O)(c1ccc(F)cc1)c1cnc2cc(Cl)ccc2c1-c1ccc(Cl)cc1. The lowest BCUT2D eigenvalue weighted by Crippen LogP contribution is -2.05. The van der Waals surface area contributed by atoms with Crippen LogP contribution in [0.25, 0.3) is 22.0 Å². The van der Waals surface area contributed by atoms with Gasteiger partial charge in [-0.25, -0.2) is 12.8 Å². The Morgan fingerprint density at radius 3 is 2.14 bits per heavy atom. The van der Waals surface area contributed by atoms with Crippen molar-refractivity contribution in [3.05, 3.63) is 88.8 Å². The van der Waals surface area contributed by atoms with Gasteiger partial charge in [-0.2, -0.15) is 0 Å². The summed E-state index contributed by atoms with van der Waals surface area (Å²) < 4.78 is 39.9. The first-order valence-corrected chi connectivity index (χ1v) is 10.4. The molecule has 0 aliphatic carbocycles. The van der Waals surface area contributed by atoms with Crippen LogP contribution in [0.3, 0.4) is 0 Å². The van der Waals surface area contributed by atoms with Crippen molar-refractivity contribution in [3.63, 3.8) is 0 Å². The fourth-order valence-corrected chi connectivity index (χ4v) is 4.74. The van der Waals surface area contributed by atoms with E-state index < -0.39 is 15.7 Å². The van der Waals surface area contributed by atoms with E-state index in [1.54, 1.807) is 42.5 Å². The Bertz CT molecular complexity index is 1290. The maximum atomic E-state index is 13.3. The Kier molecular flexibility index (Phi) is 4.83. The van der Waals surface area contributed by atoms with E-state index in [1.165, 1.54) is 18.3 Å². The Morgan fingerprint density at radius 1 is 0.821 bits per heavy atom. The molecule has 1 aromatic heterocycles. The molecule has 28 heavy (non-hydrogen) atoms. The minimum absolute atomic E-state index is 0.0146. The van der Waals surface area contributed by atoms with Crippen LogP contribution in [-0.4, -0.2) is 13.4 Å². The third-order valence-electron chi connectivity index (χ3n) is 4.34. The first-order chi connectivity index (χ1) is 13.4. The number of pyridine rings is 1. The van der Waals surface area contributed by atoms with Crippen molar-refractivity contribution >= 4 is 43.9 Å². The highest BCUT2D eigenvalue weighted by Gasteiger charge is 2.24. The molecule has 4 rings (SSSR count). The molecule has 140 valence electrons. The molecule has 4 aromatic rings. The summed E-state index contributed by atoms with van der Waals surface area (Å²) in [6.07, 6.45) is 1.31. The molecule has 0 atom stereocenters. The number of sulfone groups is 1. The average Bonchev–Trinajstić information content (AvgIpc) is 2.68. The minimum atomic E-state index is -3.94. The molecule has 7 heteroatoms. The second-order valence-electron chi connectivity index (χ2n) is 6.12. The smallest absolute Gasteiger partial charge is 0.208 e. The molecule has 0 amide bonds. The highest BCUT2D eigenvalue weighted by molar-refractivity contribution is 7.91. The fraction of sp³-hybridized carbons (Fsp3) is 0. The van der Waals surface area contributed by atoms with Crippen molar-refractivity contribution in [3.8, 4) is 11.1 Å². The van der Waals surface area contributed by atoms with Crippen molar-refractivity contribution in [2.75, 3.05) is 0 Å². The van der Waals surface area contributed by atoms with E-state index in [2.05, 4.69) is 4.98 Å². The van der Waals surface area contributed by atoms with Crippen LogP contribution < -0.4 is 0 Å². The average molecular weight is 432 g/mol. The predicted octanol–water partition coefficient (Wildman–Crippen LogP) is 6.18. The third-order valence-corrected chi connectivity index (χ3v) is 6.61. The van der Waals surface area contributed by atoms with Crippen LogP contribution in [0.5, 0.6) is 0 Å². The lowest BCUT2D eigenvalue weighted by Gasteiger charge is -2.14. The molecule has 1 heterocycles. The number of rotatable bonds is 3. The number of nitrogens with zero attached hydrogens (tertiary/aromatic N) is 1. The summed E-state index contributed by atoms with van der Waals surface area (Å²) in [4.78, 5) is 4.30. The molecule has 3 nitrogen and oxygen atoms in total. The predicted molar refractivity (Wildman–Crippen MR) is 109 cm³/mol. The van der Waals surface area contributed by atoms with E-state index >= 15 is 0 Å². The summed E-state index contributed by atoms with van der Waals surface area (Å²) in [5.41, 5.74) is 1.72. The van der Waals surface area contributed by atoms with Crippen LogP contribution in [0.4, 0.5) is 4.39 Å². The molecule has 0 N–H and O–H groups in total. The second-order valence-corrected chi connectivity index (χ2v) is 8.91. The Balaban J connectivity index is 2.05. The Hall–Kier alpha value is -2.47. The number of hydrogen-bond acceptors (Lipinski definition) is 3. The first kappa shape index (κ1) is 18.9. The number of hydrogen-bond donors (Lipinski definition) is 0. The lowest BCUT2D eigenvalue weighted by molar-refractivity contribution is 0.595. The summed E-state index contributed by atoms with van der Waals surface area (Å²) in [5.74, 6) is -0.511. The molecule has 0 aliphatic rings.